The lowest BCUT2D eigenvalue weighted by atomic mass is 10.1. The van der Waals surface area contributed by atoms with Crippen LogP contribution in [0, 0.1) is 6.92 Å². The monoisotopic (exact) mass is 328 g/mol. The molecule has 0 saturated carbocycles. The second kappa shape index (κ2) is 3.96. The molecular formula is C16H9BrO3. The molecule has 4 aromatic rings. The quantitative estimate of drug-likeness (QED) is 0.437. The highest BCUT2D eigenvalue weighted by atomic mass is 79.9. The first-order valence-corrected chi connectivity index (χ1v) is 6.98. The van der Waals surface area contributed by atoms with E-state index in [0.29, 0.717) is 22.1 Å². The summed E-state index contributed by atoms with van der Waals surface area (Å²) in [5.74, 6) is 0. The van der Waals surface area contributed by atoms with Gasteiger partial charge >= 0.3 is 5.63 Å². The number of benzene rings is 2. The number of halogens is 1. The van der Waals surface area contributed by atoms with Gasteiger partial charge in [0.25, 0.3) is 0 Å². The summed E-state index contributed by atoms with van der Waals surface area (Å²) in [6.07, 6.45) is 0. The molecule has 2 heterocycles. The minimum atomic E-state index is -0.358. The second-order valence-corrected chi connectivity index (χ2v) is 5.70. The molecule has 0 radical (unpaired) electrons. The van der Waals surface area contributed by atoms with Crippen LogP contribution >= 0.6 is 15.9 Å². The van der Waals surface area contributed by atoms with Crippen LogP contribution in [0.5, 0.6) is 0 Å². The Hall–Kier alpha value is -2.07. The Balaban J connectivity index is 2.36. The Bertz CT molecular complexity index is 1040. The Kier molecular flexibility index (Phi) is 2.32. The van der Waals surface area contributed by atoms with Crippen molar-refractivity contribution in [2.45, 2.75) is 6.92 Å². The lowest BCUT2D eigenvalue weighted by Crippen LogP contribution is -1.98. The molecule has 0 fully saturated rings. The third-order valence-corrected chi connectivity index (χ3v) is 4.00. The van der Waals surface area contributed by atoms with Gasteiger partial charge in [-0.2, -0.15) is 0 Å². The SMILES string of the molecule is Cc1cccc2c1oc(=O)c1c3ccc(Br)cc3oc21. The van der Waals surface area contributed by atoms with E-state index in [1.807, 2.05) is 43.3 Å². The van der Waals surface area contributed by atoms with Gasteiger partial charge in [0.05, 0.1) is 5.39 Å². The molecule has 4 heteroatoms. The van der Waals surface area contributed by atoms with Crippen LogP contribution in [0.4, 0.5) is 0 Å². The van der Waals surface area contributed by atoms with Gasteiger partial charge in [-0.3, -0.25) is 0 Å². The average Bonchev–Trinajstić information content (AvgIpc) is 2.79. The Morgan fingerprint density at radius 2 is 1.85 bits per heavy atom. The van der Waals surface area contributed by atoms with Gasteiger partial charge in [-0.1, -0.05) is 28.1 Å². The van der Waals surface area contributed by atoms with Gasteiger partial charge < -0.3 is 8.83 Å². The minimum absolute atomic E-state index is 0.358. The highest BCUT2D eigenvalue weighted by Gasteiger charge is 2.16. The predicted molar refractivity (Wildman–Crippen MR) is 82.2 cm³/mol. The van der Waals surface area contributed by atoms with Crippen molar-refractivity contribution in [1.29, 1.82) is 0 Å². The molecule has 0 amide bonds. The third-order valence-electron chi connectivity index (χ3n) is 3.51. The first kappa shape index (κ1) is 11.7. The van der Waals surface area contributed by atoms with Crippen LogP contribution < -0.4 is 5.63 Å². The van der Waals surface area contributed by atoms with Crippen LogP contribution in [0.15, 0.2) is 54.5 Å². The Labute approximate surface area is 121 Å². The number of fused-ring (bicyclic) bond motifs is 5. The van der Waals surface area contributed by atoms with Crippen LogP contribution in [0.25, 0.3) is 32.9 Å². The minimum Gasteiger partial charge on any atom is -0.455 e. The van der Waals surface area contributed by atoms with Crippen molar-refractivity contribution in [3.63, 3.8) is 0 Å². The molecule has 2 aromatic heterocycles. The molecule has 0 N–H and O–H groups in total. The van der Waals surface area contributed by atoms with Gasteiger partial charge in [-0.25, -0.2) is 4.79 Å². The largest absolute Gasteiger partial charge is 0.455 e. The standard InChI is InChI=1S/C16H9BrO3/c1-8-3-2-4-11-14(8)20-16(18)13-10-6-5-9(17)7-12(10)19-15(11)13/h2-7H,1H3. The molecule has 20 heavy (non-hydrogen) atoms. The average molecular weight is 329 g/mol. The first-order chi connectivity index (χ1) is 9.65. The smallest absolute Gasteiger partial charge is 0.348 e. The summed E-state index contributed by atoms with van der Waals surface area (Å²) >= 11 is 3.41. The molecule has 0 spiro atoms. The number of para-hydroxylation sites is 1. The number of furan rings is 1. The normalized spacial score (nSPS) is 11.7. The van der Waals surface area contributed by atoms with Gasteiger partial charge in [-0.05, 0) is 36.8 Å². The summed E-state index contributed by atoms with van der Waals surface area (Å²) in [6, 6.07) is 11.4. The van der Waals surface area contributed by atoms with Crippen molar-refractivity contribution >= 4 is 48.8 Å². The number of aryl methyl sites for hydroxylation is 1. The van der Waals surface area contributed by atoms with E-state index >= 15 is 0 Å². The molecule has 4 rings (SSSR count). The van der Waals surface area contributed by atoms with Crippen molar-refractivity contribution in [2.24, 2.45) is 0 Å². The molecule has 0 aliphatic carbocycles. The van der Waals surface area contributed by atoms with Crippen LogP contribution in [-0.2, 0) is 0 Å². The van der Waals surface area contributed by atoms with Crippen LogP contribution in [0.1, 0.15) is 5.56 Å². The fourth-order valence-corrected chi connectivity index (χ4v) is 2.91. The summed E-state index contributed by atoms with van der Waals surface area (Å²) in [4.78, 5) is 12.3. The fraction of sp³-hybridized carbons (Fsp3) is 0.0625. The van der Waals surface area contributed by atoms with E-state index in [4.69, 9.17) is 8.83 Å². The van der Waals surface area contributed by atoms with Crippen LogP contribution in [0.3, 0.4) is 0 Å². The molecule has 0 saturated heterocycles. The zero-order chi connectivity index (χ0) is 13.9. The maximum Gasteiger partial charge on any atom is 0.348 e. The summed E-state index contributed by atoms with van der Waals surface area (Å²) in [7, 11) is 0. The second-order valence-electron chi connectivity index (χ2n) is 4.79. The van der Waals surface area contributed by atoms with Gasteiger partial charge in [0.2, 0.25) is 0 Å². The fourth-order valence-electron chi connectivity index (χ4n) is 2.57. The maximum absolute atomic E-state index is 12.3. The number of rotatable bonds is 0. The number of hydrogen-bond donors (Lipinski definition) is 0. The predicted octanol–water partition coefficient (Wildman–Crippen LogP) is 4.76. The molecule has 98 valence electrons. The van der Waals surface area contributed by atoms with Crippen molar-refractivity contribution in [1.82, 2.24) is 0 Å². The highest BCUT2D eigenvalue weighted by molar-refractivity contribution is 9.10. The summed E-state index contributed by atoms with van der Waals surface area (Å²) in [5.41, 5.74) is 2.41. The molecule has 0 bridgehead atoms. The van der Waals surface area contributed by atoms with Gasteiger partial charge in [0.1, 0.15) is 16.6 Å². The Morgan fingerprint density at radius 3 is 2.70 bits per heavy atom. The van der Waals surface area contributed by atoms with E-state index in [0.717, 1.165) is 20.8 Å². The van der Waals surface area contributed by atoms with E-state index in [9.17, 15) is 4.79 Å². The zero-order valence-electron chi connectivity index (χ0n) is 10.6. The molecule has 0 aliphatic rings. The third kappa shape index (κ3) is 1.48. The summed E-state index contributed by atoms with van der Waals surface area (Å²) in [5, 5.41) is 2.11. The van der Waals surface area contributed by atoms with E-state index in [1.165, 1.54) is 0 Å². The Morgan fingerprint density at radius 1 is 1.00 bits per heavy atom. The lowest BCUT2D eigenvalue weighted by Gasteiger charge is -1.99. The van der Waals surface area contributed by atoms with Crippen molar-refractivity contribution in [3.8, 4) is 0 Å². The van der Waals surface area contributed by atoms with Crippen molar-refractivity contribution in [3.05, 3.63) is 56.9 Å². The first-order valence-electron chi connectivity index (χ1n) is 6.19. The molecule has 0 aliphatic heterocycles. The zero-order valence-corrected chi connectivity index (χ0v) is 12.2. The molecule has 2 aromatic carbocycles. The van der Waals surface area contributed by atoms with E-state index in [-0.39, 0.29) is 5.63 Å². The summed E-state index contributed by atoms with van der Waals surface area (Å²) < 4.78 is 12.3. The highest BCUT2D eigenvalue weighted by Crippen LogP contribution is 2.33. The molecule has 0 atom stereocenters. The van der Waals surface area contributed by atoms with Gasteiger partial charge in [0.15, 0.2) is 5.58 Å². The van der Waals surface area contributed by atoms with Crippen LogP contribution in [-0.4, -0.2) is 0 Å². The lowest BCUT2D eigenvalue weighted by molar-refractivity contribution is 0.564. The van der Waals surface area contributed by atoms with Gasteiger partial charge in [-0.15, -0.1) is 0 Å². The maximum atomic E-state index is 12.3. The molecule has 3 nitrogen and oxygen atoms in total. The van der Waals surface area contributed by atoms with Crippen molar-refractivity contribution < 1.29 is 8.83 Å². The summed E-state index contributed by atoms with van der Waals surface area (Å²) in [6.45, 7) is 1.91. The van der Waals surface area contributed by atoms with E-state index in [1.54, 1.807) is 0 Å². The van der Waals surface area contributed by atoms with E-state index in [2.05, 4.69) is 15.9 Å². The molecule has 0 unspecified atom stereocenters. The van der Waals surface area contributed by atoms with Crippen molar-refractivity contribution in [2.75, 3.05) is 0 Å². The number of hydrogen-bond acceptors (Lipinski definition) is 3. The molecular weight excluding hydrogens is 320 g/mol. The van der Waals surface area contributed by atoms with E-state index < -0.39 is 0 Å². The topological polar surface area (TPSA) is 43.4 Å². The van der Waals surface area contributed by atoms with Crippen LogP contribution in [0.2, 0.25) is 0 Å². The van der Waals surface area contributed by atoms with Gasteiger partial charge in [0, 0.05) is 9.86 Å².